The predicted octanol–water partition coefficient (Wildman–Crippen LogP) is 0.873. The van der Waals surface area contributed by atoms with Crippen LogP contribution < -0.4 is 5.73 Å². The Morgan fingerprint density at radius 1 is 1.31 bits per heavy atom. The first-order valence-corrected chi connectivity index (χ1v) is 4.03. The number of aromatic nitrogens is 2. The third kappa shape index (κ3) is 2.24. The second-order valence-corrected chi connectivity index (χ2v) is 3.91. The average molecular weight is 179 g/mol. The first kappa shape index (κ1) is 9.64. The van der Waals surface area contributed by atoms with E-state index in [-0.39, 0.29) is 11.2 Å². The molecule has 0 unspecified atom stereocenters. The average Bonchev–Trinajstić information content (AvgIpc) is 2.03. The van der Waals surface area contributed by atoms with Crippen LogP contribution in [-0.4, -0.2) is 15.9 Å². The van der Waals surface area contributed by atoms with Gasteiger partial charge in [0.1, 0.15) is 0 Å². The van der Waals surface area contributed by atoms with Gasteiger partial charge in [-0.25, -0.2) is 9.97 Å². The van der Waals surface area contributed by atoms with Crippen LogP contribution in [0, 0.1) is 0 Å². The quantitative estimate of drug-likeness (QED) is 0.695. The van der Waals surface area contributed by atoms with E-state index in [9.17, 15) is 4.79 Å². The SMILES string of the molecule is CC(C)(C)c1cnc(C(N)=O)nc1. The largest absolute Gasteiger partial charge is 0.363 e. The molecule has 1 aromatic heterocycles. The van der Waals surface area contributed by atoms with Gasteiger partial charge in [-0.2, -0.15) is 0 Å². The minimum absolute atomic E-state index is 0.00379. The summed E-state index contributed by atoms with van der Waals surface area (Å²) in [5.41, 5.74) is 5.99. The highest BCUT2D eigenvalue weighted by atomic mass is 16.1. The van der Waals surface area contributed by atoms with Crippen molar-refractivity contribution in [1.82, 2.24) is 9.97 Å². The number of rotatable bonds is 1. The van der Waals surface area contributed by atoms with Crippen LogP contribution in [0.5, 0.6) is 0 Å². The number of carbonyl (C=O) groups is 1. The molecule has 13 heavy (non-hydrogen) atoms. The van der Waals surface area contributed by atoms with Crippen molar-refractivity contribution in [3.05, 3.63) is 23.8 Å². The van der Waals surface area contributed by atoms with Crippen LogP contribution in [0.1, 0.15) is 37.0 Å². The number of nitrogens with zero attached hydrogens (tertiary/aromatic N) is 2. The number of carbonyl (C=O) groups excluding carboxylic acids is 1. The van der Waals surface area contributed by atoms with E-state index in [2.05, 4.69) is 30.7 Å². The third-order valence-electron chi connectivity index (χ3n) is 1.74. The molecule has 70 valence electrons. The molecular formula is C9H13N3O. The van der Waals surface area contributed by atoms with Crippen molar-refractivity contribution in [2.24, 2.45) is 5.73 Å². The molecule has 0 aliphatic heterocycles. The maximum absolute atomic E-state index is 10.7. The Morgan fingerprint density at radius 3 is 2.08 bits per heavy atom. The van der Waals surface area contributed by atoms with Gasteiger partial charge in [0.2, 0.25) is 5.82 Å². The highest BCUT2D eigenvalue weighted by Gasteiger charge is 2.15. The Morgan fingerprint density at radius 2 is 1.77 bits per heavy atom. The standard InChI is InChI=1S/C9H13N3O/c1-9(2,3)6-4-11-8(7(10)13)12-5-6/h4-5H,1-3H3,(H2,10,13). The van der Waals surface area contributed by atoms with Gasteiger partial charge in [-0.1, -0.05) is 20.8 Å². The lowest BCUT2D eigenvalue weighted by molar-refractivity contribution is 0.0990. The van der Waals surface area contributed by atoms with Gasteiger partial charge in [0, 0.05) is 12.4 Å². The van der Waals surface area contributed by atoms with E-state index >= 15 is 0 Å². The fourth-order valence-corrected chi connectivity index (χ4v) is 0.843. The summed E-state index contributed by atoms with van der Waals surface area (Å²) in [4.78, 5) is 18.4. The lowest BCUT2D eigenvalue weighted by atomic mass is 9.89. The lowest BCUT2D eigenvalue weighted by Gasteiger charge is -2.17. The molecule has 1 aromatic rings. The normalized spacial score (nSPS) is 11.3. The zero-order valence-corrected chi connectivity index (χ0v) is 8.03. The minimum atomic E-state index is -0.597. The van der Waals surface area contributed by atoms with Gasteiger partial charge >= 0.3 is 0 Å². The molecule has 0 spiro atoms. The predicted molar refractivity (Wildman–Crippen MR) is 49.2 cm³/mol. The molecule has 1 heterocycles. The highest BCUT2D eigenvalue weighted by Crippen LogP contribution is 2.19. The van der Waals surface area contributed by atoms with Gasteiger partial charge in [-0.05, 0) is 11.0 Å². The Balaban J connectivity index is 3.01. The molecule has 0 bridgehead atoms. The van der Waals surface area contributed by atoms with Gasteiger partial charge in [-0.3, -0.25) is 4.79 Å². The fraction of sp³-hybridized carbons (Fsp3) is 0.444. The Hall–Kier alpha value is -1.45. The van der Waals surface area contributed by atoms with Crippen LogP contribution in [0.15, 0.2) is 12.4 Å². The zero-order chi connectivity index (χ0) is 10.1. The van der Waals surface area contributed by atoms with Crippen LogP contribution >= 0.6 is 0 Å². The van der Waals surface area contributed by atoms with Crippen LogP contribution in [0.4, 0.5) is 0 Å². The topological polar surface area (TPSA) is 68.9 Å². The van der Waals surface area contributed by atoms with E-state index in [1.54, 1.807) is 12.4 Å². The molecule has 0 radical (unpaired) electrons. The van der Waals surface area contributed by atoms with Crippen LogP contribution in [0.25, 0.3) is 0 Å². The number of hydrogen-bond acceptors (Lipinski definition) is 3. The van der Waals surface area contributed by atoms with Crippen molar-refractivity contribution in [2.75, 3.05) is 0 Å². The lowest BCUT2D eigenvalue weighted by Crippen LogP contribution is -2.18. The summed E-state index contributed by atoms with van der Waals surface area (Å²) < 4.78 is 0. The molecule has 0 aromatic carbocycles. The van der Waals surface area contributed by atoms with Crippen LogP contribution in [-0.2, 0) is 5.41 Å². The number of amides is 1. The monoisotopic (exact) mass is 179 g/mol. The summed E-state index contributed by atoms with van der Waals surface area (Å²) >= 11 is 0. The van der Waals surface area contributed by atoms with Gasteiger partial charge in [0.05, 0.1) is 0 Å². The summed E-state index contributed by atoms with van der Waals surface area (Å²) in [7, 11) is 0. The second kappa shape index (κ2) is 3.12. The summed E-state index contributed by atoms with van der Waals surface area (Å²) in [6, 6.07) is 0. The molecule has 0 saturated carbocycles. The summed E-state index contributed by atoms with van der Waals surface area (Å²) in [6.07, 6.45) is 3.26. The summed E-state index contributed by atoms with van der Waals surface area (Å²) in [6.45, 7) is 6.15. The van der Waals surface area contributed by atoms with E-state index in [4.69, 9.17) is 5.73 Å². The third-order valence-corrected chi connectivity index (χ3v) is 1.74. The van der Waals surface area contributed by atoms with Crippen LogP contribution in [0.3, 0.4) is 0 Å². The van der Waals surface area contributed by atoms with Crippen molar-refractivity contribution >= 4 is 5.91 Å². The Kier molecular flexibility index (Phi) is 2.32. The van der Waals surface area contributed by atoms with Crippen molar-refractivity contribution < 1.29 is 4.79 Å². The molecular weight excluding hydrogens is 166 g/mol. The van der Waals surface area contributed by atoms with E-state index in [1.807, 2.05) is 0 Å². The highest BCUT2D eigenvalue weighted by molar-refractivity contribution is 5.88. The Bertz CT molecular complexity index is 311. The van der Waals surface area contributed by atoms with E-state index in [0.29, 0.717) is 0 Å². The van der Waals surface area contributed by atoms with Gasteiger partial charge < -0.3 is 5.73 Å². The first-order chi connectivity index (χ1) is 5.91. The Labute approximate surface area is 77.2 Å². The van der Waals surface area contributed by atoms with Crippen molar-refractivity contribution in [2.45, 2.75) is 26.2 Å². The van der Waals surface area contributed by atoms with Gasteiger partial charge in [0.15, 0.2) is 0 Å². The number of nitrogens with two attached hydrogens (primary N) is 1. The maximum atomic E-state index is 10.7. The minimum Gasteiger partial charge on any atom is -0.363 e. The molecule has 2 N–H and O–H groups in total. The number of primary amides is 1. The van der Waals surface area contributed by atoms with Crippen molar-refractivity contribution in [3.63, 3.8) is 0 Å². The zero-order valence-electron chi connectivity index (χ0n) is 8.03. The second-order valence-electron chi connectivity index (χ2n) is 3.91. The molecule has 4 nitrogen and oxygen atoms in total. The molecule has 0 aliphatic rings. The molecule has 1 amide bonds. The van der Waals surface area contributed by atoms with Gasteiger partial charge in [0.25, 0.3) is 5.91 Å². The molecule has 0 saturated heterocycles. The van der Waals surface area contributed by atoms with E-state index in [0.717, 1.165) is 5.56 Å². The van der Waals surface area contributed by atoms with Crippen LogP contribution in [0.2, 0.25) is 0 Å². The fourth-order valence-electron chi connectivity index (χ4n) is 0.843. The maximum Gasteiger partial charge on any atom is 0.286 e. The summed E-state index contributed by atoms with van der Waals surface area (Å²) in [5.74, 6) is -0.534. The molecule has 0 aliphatic carbocycles. The smallest absolute Gasteiger partial charge is 0.286 e. The van der Waals surface area contributed by atoms with Crippen molar-refractivity contribution in [3.8, 4) is 0 Å². The molecule has 0 fully saturated rings. The van der Waals surface area contributed by atoms with E-state index < -0.39 is 5.91 Å². The summed E-state index contributed by atoms with van der Waals surface area (Å²) in [5, 5.41) is 0. The number of hydrogen-bond donors (Lipinski definition) is 1. The van der Waals surface area contributed by atoms with Crippen molar-refractivity contribution in [1.29, 1.82) is 0 Å². The first-order valence-electron chi connectivity index (χ1n) is 4.03. The van der Waals surface area contributed by atoms with Gasteiger partial charge in [-0.15, -0.1) is 0 Å². The molecule has 0 atom stereocenters. The molecule has 4 heteroatoms. The molecule has 1 rings (SSSR count). The van der Waals surface area contributed by atoms with E-state index in [1.165, 1.54) is 0 Å².